The number of benzene rings is 2. The number of hydrogen-bond donors (Lipinski definition) is 1. The molecule has 2 heterocycles. The third-order valence-electron chi connectivity index (χ3n) is 4.26. The number of nitrogens with zero attached hydrogens (tertiary/aromatic N) is 2. The molecule has 1 amide bonds. The van der Waals surface area contributed by atoms with E-state index in [2.05, 4.69) is 50.0 Å². The van der Waals surface area contributed by atoms with Gasteiger partial charge in [-0.25, -0.2) is 4.98 Å². The van der Waals surface area contributed by atoms with Crippen LogP contribution in [0.25, 0.3) is 22.0 Å². The molecule has 0 fully saturated rings. The lowest BCUT2D eigenvalue weighted by Crippen LogP contribution is -2.11. The maximum absolute atomic E-state index is 12.6. The van der Waals surface area contributed by atoms with Crippen molar-refractivity contribution in [2.75, 3.05) is 5.32 Å². The van der Waals surface area contributed by atoms with Crippen molar-refractivity contribution >= 4 is 56.3 Å². The standard InChI is InChI=1S/C21H16IN3OS/c1-12-20(27-13(2)24-12)21(26)25-15-7-8-18(22)17(11-15)19-16-6-4-3-5-14(16)9-10-23-19/h3-11H,1-2H3,(H,25,26). The Balaban J connectivity index is 1.74. The second-order valence-corrected chi connectivity index (χ2v) is 8.54. The molecular weight excluding hydrogens is 469 g/mol. The minimum Gasteiger partial charge on any atom is -0.321 e. The van der Waals surface area contributed by atoms with E-state index in [-0.39, 0.29) is 5.91 Å². The van der Waals surface area contributed by atoms with Crippen LogP contribution in [0, 0.1) is 17.4 Å². The average Bonchev–Trinajstić information content (AvgIpc) is 3.01. The molecule has 27 heavy (non-hydrogen) atoms. The summed E-state index contributed by atoms with van der Waals surface area (Å²) in [5.41, 5.74) is 3.42. The quantitative estimate of drug-likeness (QED) is 0.372. The van der Waals surface area contributed by atoms with Crippen molar-refractivity contribution in [2.45, 2.75) is 13.8 Å². The van der Waals surface area contributed by atoms with E-state index in [4.69, 9.17) is 0 Å². The minimum atomic E-state index is -0.129. The molecule has 0 atom stereocenters. The van der Waals surface area contributed by atoms with Gasteiger partial charge in [-0.05, 0) is 66.1 Å². The van der Waals surface area contributed by atoms with E-state index >= 15 is 0 Å². The minimum absolute atomic E-state index is 0.129. The highest BCUT2D eigenvalue weighted by Crippen LogP contribution is 2.32. The van der Waals surface area contributed by atoms with Crippen LogP contribution in [0.1, 0.15) is 20.4 Å². The number of halogens is 1. The van der Waals surface area contributed by atoms with Gasteiger partial charge in [0.25, 0.3) is 5.91 Å². The molecule has 0 aliphatic heterocycles. The van der Waals surface area contributed by atoms with Crippen LogP contribution in [-0.4, -0.2) is 15.9 Å². The summed E-state index contributed by atoms with van der Waals surface area (Å²) >= 11 is 3.72. The first-order valence-electron chi connectivity index (χ1n) is 8.42. The van der Waals surface area contributed by atoms with Gasteiger partial charge in [-0.2, -0.15) is 0 Å². The summed E-state index contributed by atoms with van der Waals surface area (Å²) in [5.74, 6) is -0.129. The van der Waals surface area contributed by atoms with Crippen molar-refractivity contribution < 1.29 is 4.79 Å². The summed E-state index contributed by atoms with van der Waals surface area (Å²) in [6, 6.07) is 16.1. The number of amides is 1. The Labute approximate surface area is 174 Å². The van der Waals surface area contributed by atoms with Crippen LogP contribution in [-0.2, 0) is 0 Å². The molecule has 6 heteroatoms. The van der Waals surface area contributed by atoms with Crippen LogP contribution in [0.4, 0.5) is 5.69 Å². The molecule has 0 aliphatic carbocycles. The van der Waals surface area contributed by atoms with Gasteiger partial charge in [0.1, 0.15) is 4.88 Å². The van der Waals surface area contributed by atoms with Gasteiger partial charge in [0.15, 0.2) is 0 Å². The highest BCUT2D eigenvalue weighted by atomic mass is 127. The van der Waals surface area contributed by atoms with Gasteiger partial charge in [-0.3, -0.25) is 9.78 Å². The Hall–Kier alpha value is -2.32. The molecular formula is C21H16IN3OS. The van der Waals surface area contributed by atoms with Crippen molar-refractivity contribution in [1.82, 2.24) is 9.97 Å². The second kappa shape index (κ2) is 7.36. The molecule has 0 saturated carbocycles. The zero-order valence-corrected chi connectivity index (χ0v) is 17.8. The van der Waals surface area contributed by atoms with E-state index < -0.39 is 0 Å². The number of nitrogens with one attached hydrogen (secondary N) is 1. The molecule has 4 aromatic rings. The summed E-state index contributed by atoms with van der Waals surface area (Å²) in [5, 5.41) is 6.12. The topological polar surface area (TPSA) is 54.9 Å². The summed E-state index contributed by atoms with van der Waals surface area (Å²) in [6.07, 6.45) is 1.82. The maximum Gasteiger partial charge on any atom is 0.267 e. The van der Waals surface area contributed by atoms with Gasteiger partial charge in [0.05, 0.1) is 16.4 Å². The first-order chi connectivity index (χ1) is 13.0. The summed E-state index contributed by atoms with van der Waals surface area (Å²) in [7, 11) is 0. The van der Waals surface area contributed by atoms with Crippen LogP contribution < -0.4 is 5.32 Å². The molecule has 0 bridgehead atoms. The largest absolute Gasteiger partial charge is 0.321 e. The van der Waals surface area contributed by atoms with E-state index in [0.29, 0.717) is 4.88 Å². The molecule has 1 N–H and O–H groups in total. The fraction of sp³-hybridized carbons (Fsp3) is 0.0952. The van der Waals surface area contributed by atoms with Crippen LogP contribution >= 0.6 is 33.9 Å². The highest BCUT2D eigenvalue weighted by molar-refractivity contribution is 14.1. The fourth-order valence-electron chi connectivity index (χ4n) is 3.05. The van der Waals surface area contributed by atoms with Crippen LogP contribution in [0.3, 0.4) is 0 Å². The maximum atomic E-state index is 12.6. The summed E-state index contributed by atoms with van der Waals surface area (Å²) in [6.45, 7) is 3.77. The number of carbonyl (C=O) groups is 1. The van der Waals surface area contributed by atoms with Crippen molar-refractivity contribution in [3.8, 4) is 11.3 Å². The molecule has 0 saturated heterocycles. The van der Waals surface area contributed by atoms with E-state index in [1.54, 1.807) is 0 Å². The van der Waals surface area contributed by atoms with Crippen molar-refractivity contribution in [1.29, 1.82) is 0 Å². The number of rotatable bonds is 3. The number of aromatic nitrogens is 2. The summed E-state index contributed by atoms with van der Waals surface area (Å²) in [4.78, 5) is 22.2. The van der Waals surface area contributed by atoms with Gasteiger partial charge in [-0.1, -0.05) is 24.3 Å². The number of thiazole rings is 1. The van der Waals surface area contributed by atoms with E-state index in [9.17, 15) is 4.79 Å². The molecule has 0 aliphatic rings. The summed E-state index contributed by atoms with van der Waals surface area (Å²) < 4.78 is 1.08. The predicted octanol–water partition coefficient (Wildman–Crippen LogP) is 5.83. The SMILES string of the molecule is Cc1nc(C)c(C(=O)Nc2ccc(I)c(-c3nccc4ccccc34)c2)s1. The number of aryl methyl sites for hydroxylation is 2. The smallest absolute Gasteiger partial charge is 0.267 e. The zero-order chi connectivity index (χ0) is 19.0. The number of hydrogen-bond acceptors (Lipinski definition) is 4. The number of fused-ring (bicyclic) bond motifs is 1. The van der Waals surface area contributed by atoms with Crippen LogP contribution in [0.2, 0.25) is 0 Å². The average molecular weight is 485 g/mol. The third-order valence-corrected chi connectivity index (χ3v) is 6.28. The van der Waals surface area contributed by atoms with Crippen molar-refractivity contribution in [2.24, 2.45) is 0 Å². The molecule has 4 nitrogen and oxygen atoms in total. The Morgan fingerprint density at radius 1 is 1.11 bits per heavy atom. The number of pyridine rings is 1. The normalized spacial score (nSPS) is 10.9. The number of anilines is 1. The lowest BCUT2D eigenvalue weighted by Gasteiger charge is -2.11. The molecule has 2 aromatic carbocycles. The monoisotopic (exact) mass is 485 g/mol. The Bertz CT molecular complexity index is 1160. The fourth-order valence-corrected chi connectivity index (χ4v) is 4.45. The van der Waals surface area contributed by atoms with Gasteiger partial charge in [0.2, 0.25) is 0 Å². The molecule has 134 valence electrons. The molecule has 0 unspecified atom stereocenters. The lowest BCUT2D eigenvalue weighted by atomic mass is 10.0. The van der Waals surface area contributed by atoms with Gasteiger partial charge >= 0.3 is 0 Å². The first kappa shape index (κ1) is 18.1. The van der Waals surface area contributed by atoms with Crippen LogP contribution in [0.15, 0.2) is 54.7 Å². The highest BCUT2D eigenvalue weighted by Gasteiger charge is 2.15. The second-order valence-electron chi connectivity index (χ2n) is 6.18. The number of carbonyl (C=O) groups excluding carboxylic acids is 1. The molecule has 0 radical (unpaired) electrons. The zero-order valence-electron chi connectivity index (χ0n) is 14.8. The van der Waals surface area contributed by atoms with Crippen molar-refractivity contribution in [3.05, 3.63) is 73.9 Å². The third kappa shape index (κ3) is 3.59. The first-order valence-corrected chi connectivity index (χ1v) is 10.3. The Kier molecular flexibility index (Phi) is 4.92. The van der Waals surface area contributed by atoms with E-state index in [0.717, 1.165) is 42.0 Å². The van der Waals surface area contributed by atoms with Gasteiger partial charge in [0, 0.05) is 26.4 Å². The van der Waals surface area contributed by atoms with Crippen molar-refractivity contribution in [3.63, 3.8) is 0 Å². The molecule has 4 rings (SSSR count). The van der Waals surface area contributed by atoms with Gasteiger partial charge in [-0.15, -0.1) is 11.3 Å². The van der Waals surface area contributed by atoms with E-state index in [1.165, 1.54) is 11.3 Å². The molecule has 2 aromatic heterocycles. The predicted molar refractivity (Wildman–Crippen MR) is 119 cm³/mol. The van der Waals surface area contributed by atoms with Gasteiger partial charge < -0.3 is 5.32 Å². The lowest BCUT2D eigenvalue weighted by molar-refractivity contribution is 0.103. The Morgan fingerprint density at radius 2 is 1.93 bits per heavy atom. The Morgan fingerprint density at radius 3 is 2.70 bits per heavy atom. The van der Waals surface area contributed by atoms with E-state index in [1.807, 2.05) is 56.4 Å². The van der Waals surface area contributed by atoms with Crippen LogP contribution in [0.5, 0.6) is 0 Å². The molecule has 0 spiro atoms.